The van der Waals surface area contributed by atoms with Gasteiger partial charge in [-0.15, -0.1) is 11.3 Å². The zero-order chi connectivity index (χ0) is 15.4. The number of hydrogen-bond donors (Lipinski definition) is 2. The molecule has 0 saturated carbocycles. The van der Waals surface area contributed by atoms with Crippen LogP contribution in [-0.4, -0.2) is 21.5 Å². The van der Waals surface area contributed by atoms with Crippen LogP contribution in [0.4, 0.5) is 5.13 Å². The first-order valence-electron chi connectivity index (χ1n) is 7.05. The number of nitrogens with zero attached hydrogens (tertiary/aromatic N) is 2. The molecule has 4 rings (SSSR count). The SMILES string of the molecule is CCNc1nc2c(s1)c(=O)[nH]c1c2sc2nc(C)cc(C)c21. The highest BCUT2D eigenvalue weighted by Crippen LogP contribution is 2.38. The number of nitrogens with one attached hydrogen (secondary N) is 2. The molecule has 7 heteroatoms. The largest absolute Gasteiger partial charge is 0.362 e. The van der Waals surface area contributed by atoms with E-state index in [9.17, 15) is 4.79 Å². The molecule has 0 unspecified atom stereocenters. The first kappa shape index (κ1) is 13.7. The minimum Gasteiger partial charge on any atom is -0.362 e. The Morgan fingerprint density at radius 1 is 1.23 bits per heavy atom. The molecule has 0 aliphatic rings. The van der Waals surface area contributed by atoms with Crippen molar-refractivity contribution in [2.24, 2.45) is 0 Å². The molecule has 22 heavy (non-hydrogen) atoms. The van der Waals surface area contributed by atoms with Crippen molar-refractivity contribution in [2.75, 3.05) is 11.9 Å². The number of aromatic nitrogens is 3. The summed E-state index contributed by atoms with van der Waals surface area (Å²) in [5.41, 5.74) is 3.67. The van der Waals surface area contributed by atoms with E-state index in [4.69, 9.17) is 0 Å². The summed E-state index contributed by atoms with van der Waals surface area (Å²) in [5, 5.41) is 5.00. The van der Waals surface area contributed by atoms with Gasteiger partial charge >= 0.3 is 0 Å². The molecular weight excluding hydrogens is 316 g/mol. The number of fused-ring (bicyclic) bond motifs is 5. The van der Waals surface area contributed by atoms with E-state index in [1.54, 1.807) is 11.3 Å². The third kappa shape index (κ3) is 1.85. The zero-order valence-corrected chi connectivity index (χ0v) is 14.0. The van der Waals surface area contributed by atoms with Crippen LogP contribution in [0.15, 0.2) is 10.9 Å². The average molecular weight is 330 g/mol. The van der Waals surface area contributed by atoms with Crippen LogP contribution in [0.25, 0.3) is 30.6 Å². The quantitative estimate of drug-likeness (QED) is 0.586. The van der Waals surface area contributed by atoms with Crippen molar-refractivity contribution >= 4 is 58.5 Å². The van der Waals surface area contributed by atoms with Crippen LogP contribution >= 0.6 is 22.7 Å². The Hall–Kier alpha value is -1.99. The maximum atomic E-state index is 12.4. The Bertz CT molecular complexity index is 1090. The number of anilines is 1. The van der Waals surface area contributed by atoms with E-state index in [1.807, 2.05) is 19.9 Å². The van der Waals surface area contributed by atoms with E-state index in [-0.39, 0.29) is 5.56 Å². The molecule has 0 bridgehead atoms. The van der Waals surface area contributed by atoms with Crippen LogP contribution in [0.5, 0.6) is 0 Å². The van der Waals surface area contributed by atoms with Gasteiger partial charge in [0.05, 0.1) is 10.2 Å². The Morgan fingerprint density at radius 2 is 2.05 bits per heavy atom. The molecule has 0 radical (unpaired) electrons. The molecule has 0 saturated heterocycles. The maximum Gasteiger partial charge on any atom is 0.268 e. The Balaban J connectivity index is 2.20. The van der Waals surface area contributed by atoms with Crippen molar-refractivity contribution in [3.05, 3.63) is 27.7 Å². The van der Waals surface area contributed by atoms with E-state index in [1.165, 1.54) is 11.3 Å². The summed E-state index contributed by atoms with van der Waals surface area (Å²) in [6.07, 6.45) is 0. The second-order valence-corrected chi connectivity index (χ2v) is 7.25. The number of aromatic amines is 1. The van der Waals surface area contributed by atoms with Crippen LogP contribution in [0, 0.1) is 13.8 Å². The normalized spacial score (nSPS) is 11.8. The minimum absolute atomic E-state index is 0.0798. The first-order chi connectivity index (χ1) is 10.6. The molecule has 4 aromatic heterocycles. The van der Waals surface area contributed by atoms with E-state index in [0.29, 0.717) is 4.70 Å². The molecule has 0 fully saturated rings. The highest BCUT2D eigenvalue weighted by atomic mass is 32.1. The van der Waals surface area contributed by atoms with Gasteiger partial charge in [-0.05, 0) is 32.4 Å². The van der Waals surface area contributed by atoms with Gasteiger partial charge in [0.25, 0.3) is 5.56 Å². The maximum absolute atomic E-state index is 12.4. The predicted molar refractivity (Wildman–Crippen MR) is 94.6 cm³/mol. The van der Waals surface area contributed by atoms with Gasteiger partial charge in [0.2, 0.25) is 0 Å². The molecule has 2 N–H and O–H groups in total. The van der Waals surface area contributed by atoms with E-state index < -0.39 is 0 Å². The predicted octanol–water partition coefficient (Wildman–Crippen LogP) is 3.80. The fraction of sp³-hybridized carbons (Fsp3) is 0.267. The molecule has 4 aromatic rings. The first-order valence-corrected chi connectivity index (χ1v) is 8.69. The molecule has 0 amide bonds. The second kappa shape index (κ2) is 4.76. The van der Waals surface area contributed by atoms with E-state index in [0.717, 1.165) is 48.9 Å². The van der Waals surface area contributed by atoms with Gasteiger partial charge in [-0.1, -0.05) is 11.3 Å². The van der Waals surface area contributed by atoms with Crippen LogP contribution in [0.3, 0.4) is 0 Å². The van der Waals surface area contributed by atoms with E-state index in [2.05, 4.69) is 27.2 Å². The Kier molecular flexibility index (Phi) is 2.95. The van der Waals surface area contributed by atoms with Crippen LogP contribution < -0.4 is 10.9 Å². The summed E-state index contributed by atoms with van der Waals surface area (Å²) in [5.74, 6) is 0. The topological polar surface area (TPSA) is 70.7 Å². The third-order valence-corrected chi connectivity index (χ3v) is 5.70. The van der Waals surface area contributed by atoms with Gasteiger partial charge < -0.3 is 10.3 Å². The van der Waals surface area contributed by atoms with Crippen molar-refractivity contribution in [1.29, 1.82) is 0 Å². The average Bonchev–Trinajstić information content (AvgIpc) is 3.00. The number of pyridine rings is 2. The summed E-state index contributed by atoms with van der Waals surface area (Å²) in [4.78, 5) is 25.6. The molecule has 0 aliphatic heterocycles. The van der Waals surface area contributed by atoms with E-state index >= 15 is 0 Å². The smallest absolute Gasteiger partial charge is 0.268 e. The molecule has 5 nitrogen and oxygen atoms in total. The minimum atomic E-state index is -0.0798. The van der Waals surface area contributed by atoms with Crippen molar-refractivity contribution in [2.45, 2.75) is 20.8 Å². The zero-order valence-electron chi connectivity index (χ0n) is 12.4. The number of hydrogen-bond acceptors (Lipinski definition) is 6. The van der Waals surface area contributed by atoms with Gasteiger partial charge in [-0.25, -0.2) is 9.97 Å². The van der Waals surface area contributed by atoms with Crippen molar-refractivity contribution < 1.29 is 0 Å². The molecule has 0 atom stereocenters. The second-order valence-electron chi connectivity index (χ2n) is 5.25. The lowest BCUT2D eigenvalue weighted by Gasteiger charge is -1.98. The fourth-order valence-electron chi connectivity index (χ4n) is 2.75. The number of thiophene rings is 1. The number of aryl methyl sites for hydroxylation is 2. The molecule has 0 aliphatic carbocycles. The van der Waals surface area contributed by atoms with Crippen molar-refractivity contribution in [3.8, 4) is 0 Å². The molecule has 0 aromatic carbocycles. The number of H-pyrrole nitrogens is 1. The summed E-state index contributed by atoms with van der Waals surface area (Å²) < 4.78 is 1.68. The van der Waals surface area contributed by atoms with Gasteiger partial charge in [0.15, 0.2) is 5.13 Å². The van der Waals surface area contributed by atoms with Crippen LogP contribution in [-0.2, 0) is 0 Å². The van der Waals surface area contributed by atoms with Crippen molar-refractivity contribution in [3.63, 3.8) is 0 Å². The van der Waals surface area contributed by atoms with Gasteiger partial charge in [0.1, 0.15) is 15.0 Å². The lowest BCUT2D eigenvalue weighted by Crippen LogP contribution is -2.03. The number of thiazole rings is 1. The van der Waals surface area contributed by atoms with Crippen LogP contribution in [0.1, 0.15) is 18.2 Å². The van der Waals surface area contributed by atoms with Crippen LogP contribution in [0.2, 0.25) is 0 Å². The summed E-state index contributed by atoms with van der Waals surface area (Å²) in [6.45, 7) is 6.84. The monoisotopic (exact) mass is 330 g/mol. The lowest BCUT2D eigenvalue weighted by molar-refractivity contribution is 1.20. The van der Waals surface area contributed by atoms with Gasteiger partial charge in [-0.2, -0.15) is 0 Å². The Labute approximate surface area is 134 Å². The summed E-state index contributed by atoms with van der Waals surface area (Å²) in [7, 11) is 0. The van der Waals surface area contributed by atoms with Gasteiger partial charge in [-0.3, -0.25) is 4.79 Å². The molecule has 0 spiro atoms. The highest BCUT2D eigenvalue weighted by molar-refractivity contribution is 7.27. The molecule has 112 valence electrons. The number of rotatable bonds is 2. The molecule has 4 heterocycles. The fourth-order valence-corrected chi connectivity index (χ4v) is 5.00. The summed E-state index contributed by atoms with van der Waals surface area (Å²) >= 11 is 3.00. The molecular formula is C15H14N4OS2. The Morgan fingerprint density at radius 3 is 2.82 bits per heavy atom. The summed E-state index contributed by atoms with van der Waals surface area (Å²) in [6, 6.07) is 2.04. The van der Waals surface area contributed by atoms with Gasteiger partial charge in [0, 0.05) is 17.6 Å². The standard InChI is InChI=1S/C15H14N4OS2/c1-4-16-15-19-10-11-9(18-13(20)12(10)22-15)8-6(2)5-7(3)17-14(8)21-11/h5H,4H2,1-3H3,(H,16,19)(H,18,20). The highest BCUT2D eigenvalue weighted by Gasteiger charge is 2.17. The third-order valence-electron chi connectivity index (χ3n) is 3.60. The lowest BCUT2D eigenvalue weighted by atomic mass is 10.1. The van der Waals surface area contributed by atoms with Crippen molar-refractivity contribution in [1.82, 2.24) is 15.0 Å².